The van der Waals surface area contributed by atoms with Gasteiger partial charge in [-0.05, 0) is 59.1 Å². The molecule has 1 aromatic carbocycles. The average molecular weight is 419 g/mol. The van der Waals surface area contributed by atoms with Gasteiger partial charge < -0.3 is 4.90 Å². The van der Waals surface area contributed by atoms with Gasteiger partial charge in [-0.1, -0.05) is 17.7 Å². The molecule has 1 aliphatic rings. The molecule has 0 aliphatic carbocycles. The maximum atomic E-state index is 13.7. The van der Waals surface area contributed by atoms with Crippen LogP contribution in [0.25, 0.3) is 0 Å². The highest BCUT2D eigenvalue weighted by Crippen LogP contribution is 2.28. The lowest BCUT2D eigenvalue weighted by molar-refractivity contribution is -0.132. The first-order valence-corrected chi connectivity index (χ1v) is 11.5. The number of nitrogens with zero attached hydrogens (tertiary/aromatic N) is 4. The standard InChI is InChI=1S/C21H30N4O3S/c1-15-9-11-19(12-10-15)25(14-20(26)24-13-7-6-8-16(24)2)29(27,28)21-17(3)22-23(5)18(21)4/h9-12,16H,6-8,13-14H2,1-5H3/t16-/m0/s1. The molecule has 1 amide bonds. The van der Waals surface area contributed by atoms with Crippen LogP contribution in [-0.4, -0.2) is 48.1 Å². The molecule has 0 saturated carbocycles. The van der Waals surface area contributed by atoms with E-state index in [0.29, 0.717) is 23.6 Å². The van der Waals surface area contributed by atoms with E-state index in [1.54, 1.807) is 37.7 Å². The zero-order valence-electron chi connectivity index (χ0n) is 17.8. The Morgan fingerprint density at radius 3 is 2.38 bits per heavy atom. The van der Waals surface area contributed by atoms with Crippen molar-refractivity contribution >= 4 is 21.6 Å². The summed E-state index contributed by atoms with van der Waals surface area (Å²) in [6.07, 6.45) is 3.00. The first-order valence-electron chi connectivity index (χ1n) is 10.0. The summed E-state index contributed by atoms with van der Waals surface area (Å²) in [6, 6.07) is 7.34. The van der Waals surface area contributed by atoms with Crippen LogP contribution in [-0.2, 0) is 21.9 Å². The molecule has 158 valence electrons. The number of sulfonamides is 1. The van der Waals surface area contributed by atoms with Gasteiger partial charge in [0.25, 0.3) is 10.0 Å². The van der Waals surface area contributed by atoms with Gasteiger partial charge in [-0.3, -0.25) is 13.8 Å². The topological polar surface area (TPSA) is 75.5 Å². The Labute approximate surface area is 173 Å². The fourth-order valence-electron chi connectivity index (χ4n) is 3.95. The molecule has 29 heavy (non-hydrogen) atoms. The van der Waals surface area contributed by atoms with Crippen LogP contribution in [0.2, 0.25) is 0 Å². The van der Waals surface area contributed by atoms with E-state index in [1.165, 1.54) is 4.31 Å². The number of amides is 1. The molecule has 1 fully saturated rings. The minimum absolute atomic E-state index is 0.126. The molecule has 8 heteroatoms. The Hall–Kier alpha value is -2.35. The van der Waals surface area contributed by atoms with Crippen LogP contribution in [0.3, 0.4) is 0 Å². The lowest BCUT2D eigenvalue weighted by Crippen LogP contribution is -2.48. The number of piperidine rings is 1. The molecule has 2 heterocycles. The highest BCUT2D eigenvalue weighted by molar-refractivity contribution is 7.93. The fraction of sp³-hybridized carbons (Fsp3) is 0.524. The summed E-state index contributed by atoms with van der Waals surface area (Å²) >= 11 is 0. The van der Waals surface area contributed by atoms with Crippen molar-refractivity contribution in [2.24, 2.45) is 7.05 Å². The van der Waals surface area contributed by atoms with Gasteiger partial charge >= 0.3 is 0 Å². The van der Waals surface area contributed by atoms with Crippen LogP contribution in [0, 0.1) is 20.8 Å². The lowest BCUT2D eigenvalue weighted by Gasteiger charge is -2.35. The smallest absolute Gasteiger partial charge is 0.268 e. The molecule has 7 nitrogen and oxygen atoms in total. The van der Waals surface area contributed by atoms with E-state index < -0.39 is 10.0 Å². The monoisotopic (exact) mass is 418 g/mol. The van der Waals surface area contributed by atoms with Crippen molar-refractivity contribution in [3.63, 3.8) is 0 Å². The van der Waals surface area contributed by atoms with Gasteiger partial charge in [0, 0.05) is 19.6 Å². The quantitative estimate of drug-likeness (QED) is 0.748. The molecule has 2 aromatic rings. The maximum Gasteiger partial charge on any atom is 0.268 e. The second-order valence-electron chi connectivity index (χ2n) is 7.90. The van der Waals surface area contributed by atoms with Crippen LogP contribution in [0.1, 0.15) is 43.1 Å². The number of anilines is 1. The Morgan fingerprint density at radius 2 is 1.83 bits per heavy atom. The number of likely N-dealkylation sites (tertiary alicyclic amines) is 1. The largest absolute Gasteiger partial charge is 0.338 e. The molecule has 0 radical (unpaired) electrons. The maximum absolute atomic E-state index is 13.7. The number of carbonyl (C=O) groups excluding carboxylic acids is 1. The van der Waals surface area contributed by atoms with Crippen molar-refractivity contribution in [1.29, 1.82) is 0 Å². The van der Waals surface area contributed by atoms with E-state index in [2.05, 4.69) is 5.10 Å². The Morgan fingerprint density at radius 1 is 1.17 bits per heavy atom. The third kappa shape index (κ3) is 4.17. The van der Waals surface area contributed by atoms with Crippen molar-refractivity contribution in [3.8, 4) is 0 Å². The van der Waals surface area contributed by atoms with E-state index >= 15 is 0 Å². The zero-order valence-corrected chi connectivity index (χ0v) is 18.7. The summed E-state index contributed by atoms with van der Waals surface area (Å²) in [5.41, 5.74) is 2.49. The summed E-state index contributed by atoms with van der Waals surface area (Å²) in [4.78, 5) is 15.1. The predicted molar refractivity (Wildman–Crippen MR) is 113 cm³/mol. The van der Waals surface area contributed by atoms with Gasteiger partial charge in [-0.25, -0.2) is 8.42 Å². The Bertz CT molecular complexity index is 996. The van der Waals surface area contributed by atoms with Crippen LogP contribution in [0.5, 0.6) is 0 Å². The van der Waals surface area contributed by atoms with E-state index in [4.69, 9.17) is 0 Å². The Balaban J connectivity index is 2.03. The van der Waals surface area contributed by atoms with Gasteiger partial charge in [0.05, 0.1) is 17.1 Å². The molecule has 1 saturated heterocycles. The van der Waals surface area contributed by atoms with E-state index in [-0.39, 0.29) is 23.4 Å². The van der Waals surface area contributed by atoms with Crippen molar-refractivity contribution in [2.75, 3.05) is 17.4 Å². The summed E-state index contributed by atoms with van der Waals surface area (Å²) in [7, 11) is -2.24. The second-order valence-corrected chi connectivity index (χ2v) is 9.70. The first kappa shape index (κ1) is 21.4. The minimum atomic E-state index is -3.96. The van der Waals surface area contributed by atoms with Gasteiger partial charge in [0.1, 0.15) is 11.4 Å². The number of carbonyl (C=O) groups is 1. The lowest BCUT2D eigenvalue weighted by atomic mass is 10.0. The van der Waals surface area contributed by atoms with E-state index in [0.717, 1.165) is 24.8 Å². The summed E-state index contributed by atoms with van der Waals surface area (Å²) in [6.45, 7) is 7.84. The van der Waals surface area contributed by atoms with Crippen LogP contribution in [0.15, 0.2) is 29.2 Å². The highest BCUT2D eigenvalue weighted by Gasteiger charge is 2.34. The Kier molecular flexibility index (Phi) is 6.03. The number of aromatic nitrogens is 2. The summed E-state index contributed by atoms with van der Waals surface area (Å²) < 4.78 is 30.1. The van der Waals surface area contributed by atoms with Crippen molar-refractivity contribution in [3.05, 3.63) is 41.2 Å². The normalized spacial score (nSPS) is 17.4. The highest BCUT2D eigenvalue weighted by atomic mass is 32.2. The van der Waals surface area contributed by atoms with Gasteiger partial charge in [0.2, 0.25) is 5.91 Å². The number of benzene rings is 1. The summed E-state index contributed by atoms with van der Waals surface area (Å²) in [5.74, 6) is -0.166. The van der Waals surface area contributed by atoms with Crippen LogP contribution in [0.4, 0.5) is 5.69 Å². The summed E-state index contributed by atoms with van der Waals surface area (Å²) in [5, 5.41) is 4.26. The molecular formula is C21H30N4O3S. The number of rotatable bonds is 5. The second kappa shape index (κ2) is 8.18. The van der Waals surface area contributed by atoms with Gasteiger partial charge in [0.15, 0.2) is 0 Å². The van der Waals surface area contributed by atoms with Crippen molar-refractivity contribution < 1.29 is 13.2 Å². The zero-order chi connectivity index (χ0) is 21.3. The van der Waals surface area contributed by atoms with Crippen LogP contribution >= 0.6 is 0 Å². The van der Waals surface area contributed by atoms with Crippen molar-refractivity contribution in [2.45, 2.75) is 57.9 Å². The number of hydrogen-bond donors (Lipinski definition) is 0. The van der Waals surface area contributed by atoms with Gasteiger partial charge in [-0.2, -0.15) is 5.10 Å². The molecule has 0 spiro atoms. The van der Waals surface area contributed by atoms with Crippen LogP contribution < -0.4 is 4.31 Å². The molecule has 3 rings (SSSR count). The molecule has 0 N–H and O–H groups in total. The van der Waals surface area contributed by atoms with Crippen molar-refractivity contribution in [1.82, 2.24) is 14.7 Å². The molecule has 1 aliphatic heterocycles. The van der Waals surface area contributed by atoms with E-state index in [1.807, 2.05) is 30.9 Å². The first-order chi connectivity index (χ1) is 13.6. The molecule has 1 atom stereocenters. The van der Waals surface area contributed by atoms with Gasteiger partial charge in [-0.15, -0.1) is 0 Å². The minimum Gasteiger partial charge on any atom is -0.338 e. The molecule has 0 bridgehead atoms. The number of aryl methyl sites for hydroxylation is 3. The fourth-order valence-corrected chi connectivity index (χ4v) is 5.77. The third-order valence-electron chi connectivity index (χ3n) is 5.71. The van der Waals surface area contributed by atoms with E-state index in [9.17, 15) is 13.2 Å². The molecule has 0 unspecified atom stereocenters. The molecule has 1 aromatic heterocycles. The predicted octanol–water partition coefficient (Wildman–Crippen LogP) is 2.94. The third-order valence-corrected chi connectivity index (χ3v) is 7.74. The SMILES string of the molecule is Cc1ccc(N(CC(=O)N2CCCC[C@@H]2C)S(=O)(=O)c2c(C)nn(C)c2C)cc1. The average Bonchev–Trinajstić information content (AvgIpc) is 2.93. The molecular weight excluding hydrogens is 388 g/mol. The number of hydrogen-bond acceptors (Lipinski definition) is 4.